The smallest absolute Gasteiger partial charge is 0.0363 e. The zero-order chi connectivity index (χ0) is 14.2. The molecule has 0 aromatic heterocycles. The summed E-state index contributed by atoms with van der Waals surface area (Å²) in [7, 11) is 2.23. The van der Waals surface area contributed by atoms with Crippen LogP contribution in [0.3, 0.4) is 0 Å². The molecular weight excluding hydrogens is 244 g/mol. The van der Waals surface area contributed by atoms with E-state index in [-0.39, 0.29) is 0 Å². The molecule has 2 atom stereocenters. The van der Waals surface area contributed by atoms with E-state index in [1.54, 1.807) is 0 Å². The van der Waals surface area contributed by atoms with Crippen molar-refractivity contribution in [3.05, 3.63) is 30.3 Å². The van der Waals surface area contributed by atoms with Crippen molar-refractivity contribution < 1.29 is 0 Å². The third-order valence-corrected chi connectivity index (χ3v) is 4.52. The molecule has 2 rings (SSSR count). The van der Waals surface area contributed by atoms with Gasteiger partial charge in [0.15, 0.2) is 0 Å². The monoisotopic (exact) mass is 274 g/mol. The normalized spacial score (nSPS) is 23.3. The molecule has 0 amide bonds. The summed E-state index contributed by atoms with van der Waals surface area (Å²) in [6, 6.07) is 11.5. The van der Waals surface area contributed by atoms with Crippen LogP contribution in [0, 0.1) is 5.92 Å². The van der Waals surface area contributed by atoms with Crippen LogP contribution in [0.1, 0.15) is 45.4 Å². The average Bonchev–Trinajstić information content (AvgIpc) is 2.71. The topological polar surface area (TPSA) is 15.3 Å². The van der Waals surface area contributed by atoms with E-state index in [1.807, 2.05) is 0 Å². The van der Waals surface area contributed by atoms with Crippen molar-refractivity contribution in [2.75, 3.05) is 25.0 Å². The van der Waals surface area contributed by atoms with Crippen molar-refractivity contribution in [2.45, 2.75) is 51.5 Å². The van der Waals surface area contributed by atoms with Gasteiger partial charge in [-0.1, -0.05) is 44.4 Å². The molecule has 0 aliphatic heterocycles. The number of benzene rings is 1. The first-order valence-corrected chi connectivity index (χ1v) is 8.31. The van der Waals surface area contributed by atoms with E-state index in [4.69, 9.17) is 0 Å². The van der Waals surface area contributed by atoms with Crippen LogP contribution in [0.25, 0.3) is 0 Å². The zero-order valence-corrected chi connectivity index (χ0v) is 13.1. The molecule has 1 N–H and O–H groups in total. The molecular formula is C18H30N2. The maximum Gasteiger partial charge on any atom is 0.0363 e. The number of rotatable bonds is 6. The molecule has 0 spiro atoms. The number of hydrogen-bond donors (Lipinski definition) is 1. The van der Waals surface area contributed by atoms with Crippen molar-refractivity contribution in [3.8, 4) is 0 Å². The van der Waals surface area contributed by atoms with E-state index in [0.29, 0.717) is 6.04 Å². The van der Waals surface area contributed by atoms with Gasteiger partial charge in [-0.05, 0) is 43.9 Å². The Kier molecular flexibility index (Phi) is 6.38. The van der Waals surface area contributed by atoms with Gasteiger partial charge in [-0.15, -0.1) is 0 Å². The van der Waals surface area contributed by atoms with Crippen molar-refractivity contribution in [1.82, 2.24) is 5.32 Å². The molecule has 0 radical (unpaired) electrons. The molecule has 20 heavy (non-hydrogen) atoms. The molecule has 1 aromatic rings. The highest BCUT2D eigenvalue weighted by atomic mass is 15.1. The fraction of sp³-hybridized carbons (Fsp3) is 0.667. The van der Waals surface area contributed by atoms with Gasteiger partial charge in [0.1, 0.15) is 0 Å². The van der Waals surface area contributed by atoms with E-state index in [2.05, 4.69) is 54.5 Å². The van der Waals surface area contributed by atoms with Crippen molar-refractivity contribution >= 4 is 5.69 Å². The first-order valence-electron chi connectivity index (χ1n) is 8.31. The summed E-state index contributed by atoms with van der Waals surface area (Å²) in [6.45, 7) is 4.59. The number of hydrogen-bond acceptors (Lipinski definition) is 2. The summed E-state index contributed by atoms with van der Waals surface area (Å²) >= 11 is 0. The molecule has 1 aliphatic carbocycles. The van der Waals surface area contributed by atoms with Gasteiger partial charge in [0.25, 0.3) is 0 Å². The third-order valence-electron chi connectivity index (χ3n) is 4.52. The molecule has 2 unspecified atom stereocenters. The zero-order valence-electron chi connectivity index (χ0n) is 13.1. The van der Waals surface area contributed by atoms with Gasteiger partial charge in [0, 0.05) is 25.3 Å². The number of anilines is 1. The molecule has 0 heterocycles. The fourth-order valence-corrected chi connectivity index (χ4v) is 3.34. The Bertz CT molecular complexity index is 363. The highest BCUT2D eigenvalue weighted by molar-refractivity contribution is 5.45. The van der Waals surface area contributed by atoms with E-state index >= 15 is 0 Å². The minimum Gasteiger partial charge on any atom is -0.374 e. The number of nitrogens with zero attached hydrogens (tertiary/aromatic N) is 1. The lowest BCUT2D eigenvalue weighted by molar-refractivity contribution is 0.338. The predicted molar refractivity (Wildman–Crippen MR) is 88.4 cm³/mol. The highest BCUT2D eigenvalue weighted by Gasteiger charge is 2.24. The standard InChI is InChI=1S/C18H30N2/c1-3-14-19-18-13-9-4-6-10-16(18)15-20(2)17-11-7-5-8-12-17/h5,7-8,11-12,16,18-19H,3-4,6,9-10,13-15H2,1-2H3. The second-order valence-electron chi connectivity index (χ2n) is 6.17. The van der Waals surface area contributed by atoms with Crippen molar-refractivity contribution in [1.29, 1.82) is 0 Å². The minimum atomic E-state index is 0.712. The van der Waals surface area contributed by atoms with Crippen LogP contribution in [-0.4, -0.2) is 26.2 Å². The molecule has 0 saturated heterocycles. The minimum absolute atomic E-state index is 0.712. The average molecular weight is 274 g/mol. The first kappa shape index (κ1) is 15.4. The van der Waals surface area contributed by atoms with E-state index in [1.165, 1.54) is 50.8 Å². The molecule has 1 fully saturated rings. The van der Waals surface area contributed by atoms with Gasteiger partial charge in [0.05, 0.1) is 0 Å². The Balaban J connectivity index is 1.96. The second kappa shape index (κ2) is 8.31. The van der Waals surface area contributed by atoms with E-state index in [0.717, 1.165) is 12.5 Å². The molecule has 1 aromatic carbocycles. The van der Waals surface area contributed by atoms with Gasteiger partial charge in [-0.25, -0.2) is 0 Å². The van der Waals surface area contributed by atoms with Gasteiger partial charge in [0.2, 0.25) is 0 Å². The summed E-state index contributed by atoms with van der Waals surface area (Å²) in [5, 5.41) is 3.79. The Morgan fingerprint density at radius 1 is 1.10 bits per heavy atom. The lowest BCUT2D eigenvalue weighted by Crippen LogP contribution is -2.41. The summed E-state index contributed by atoms with van der Waals surface area (Å²) in [5.41, 5.74) is 1.34. The highest BCUT2D eigenvalue weighted by Crippen LogP contribution is 2.25. The Morgan fingerprint density at radius 2 is 1.85 bits per heavy atom. The summed E-state index contributed by atoms with van der Waals surface area (Å²) in [4.78, 5) is 2.43. The summed E-state index contributed by atoms with van der Waals surface area (Å²) in [5.74, 6) is 0.786. The molecule has 1 saturated carbocycles. The van der Waals surface area contributed by atoms with Crippen molar-refractivity contribution in [3.63, 3.8) is 0 Å². The molecule has 0 bridgehead atoms. The first-order chi connectivity index (χ1) is 9.81. The van der Waals surface area contributed by atoms with Crippen LogP contribution in [-0.2, 0) is 0 Å². The fourth-order valence-electron chi connectivity index (χ4n) is 3.34. The quantitative estimate of drug-likeness (QED) is 0.787. The van der Waals surface area contributed by atoms with E-state index < -0.39 is 0 Å². The van der Waals surface area contributed by atoms with Crippen molar-refractivity contribution in [2.24, 2.45) is 5.92 Å². The largest absolute Gasteiger partial charge is 0.374 e. The van der Waals surface area contributed by atoms with Crippen LogP contribution in [0.5, 0.6) is 0 Å². The Labute approximate surface area is 124 Å². The van der Waals surface area contributed by atoms with E-state index in [9.17, 15) is 0 Å². The molecule has 1 aliphatic rings. The second-order valence-corrected chi connectivity index (χ2v) is 6.17. The van der Waals surface area contributed by atoms with Gasteiger partial charge in [-0.2, -0.15) is 0 Å². The lowest BCUT2D eigenvalue weighted by atomic mass is 9.94. The molecule has 2 heteroatoms. The Morgan fingerprint density at radius 3 is 2.60 bits per heavy atom. The maximum atomic E-state index is 3.79. The van der Waals surface area contributed by atoms with Gasteiger partial charge >= 0.3 is 0 Å². The number of nitrogens with one attached hydrogen (secondary N) is 1. The SMILES string of the molecule is CCCNC1CCCCCC1CN(C)c1ccccc1. The van der Waals surface area contributed by atoms with Crippen LogP contribution in [0.15, 0.2) is 30.3 Å². The molecule has 112 valence electrons. The van der Waals surface area contributed by atoms with Crippen LogP contribution in [0.2, 0.25) is 0 Å². The summed E-state index contributed by atoms with van der Waals surface area (Å²) in [6.07, 6.45) is 8.17. The predicted octanol–water partition coefficient (Wildman–Crippen LogP) is 4.07. The van der Waals surface area contributed by atoms with Crippen LogP contribution >= 0.6 is 0 Å². The van der Waals surface area contributed by atoms with Crippen LogP contribution in [0.4, 0.5) is 5.69 Å². The van der Waals surface area contributed by atoms with Gasteiger partial charge in [-0.3, -0.25) is 0 Å². The van der Waals surface area contributed by atoms with Gasteiger partial charge < -0.3 is 10.2 Å². The summed E-state index contributed by atoms with van der Waals surface area (Å²) < 4.78 is 0. The maximum absolute atomic E-state index is 3.79. The molecule has 2 nitrogen and oxygen atoms in total. The number of para-hydroxylation sites is 1. The van der Waals surface area contributed by atoms with Crippen LogP contribution < -0.4 is 10.2 Å². The Hall–Kier alpha value is -1.02. The lowest BCUT2D eigenvalue weighted by Gasteiger charge is -2.31. The third kappa shape index (κ3) is 4.52.